The van der Waals surface area contributed by atoms with Crippen LogP contribution >= 0.6 is 23.2 Å². The fourth-order valence-electron chi connectivity index (χ4n) is 9.79. The summed E-state index contributed by atoms with van der Waals surface area (Å²) in [6.07, 6.45) is 12.1. The predicted octanol–water partition coefficient (Wildman–Crippen LogP) is 9.96. The minimum atomic E-state index is -1.08. The largest absolute Gasteiger partial charge is 0.493 e. The first kappa shape index (κ1) is 37.3. The van der Waals surface area contributed by atoms with Crippen molar-refractivity contribution >= 4 is 34.9 Å². The molecule has 2 N–H and O–H groups in total. The average Bonchev–Trinajstić information content (AvgIpc) is 3.39. The predicted molar refractivity (Wildman–Crippen MR) is 209 cm³/mol. The molecular weight excluding hydrogens is 693 g/mol. The Morgan fingerprint density at radius 1 is 1.04 bits per heavy atom. The number of nitrogens with one attached hydrogen (secondary N) is 1. The maximum atomic E-state index is 13.0. The third-order valence-corrected chi connectivity index (χ3v) is 13.4. The smallest absolute Gasteiger partial charge is 0.329 e. The highest BCUT2D eigenvalue weighted by Crippen LogP contribution is 2.57. The van der Waals surface area contributed by atoms with Gasteiger partial charge in [-0.25, -0.2) is 4.79 Å². The Bertz CT molecular complexity index is 1730. The van der Waals surface area contributed by atoms with Crippen molar-refractivity contribution in [2.75, 3.05) is 38.2 Å². The van der Waals surface area contributed by atoms with E-state index in [9.17, 15) is 9.90 Å². The Morgan fingerprint density at radius 3 is 2.58 bits per heavy atom. The van der Waals surface area contributed by atoms with Crippen LogP contribution in [0.15, 0.2) is 48.7 Å². The highest BCUT2D eigenvalue weighted by atomic mass is 35.5. The van der Waals surface area contributed by atoms with Gasteiger partial charge in [0.15, 0.2) is 0 Å². The number of carboxylic acids is 1. The summed E-state index contributed by atoms with van der Waals surface area (Å²) in [5.74, 6) is 2.78. The Hall–Kier alpha value is -3.00. The SMILES string of the molecule is CC1CCN(CCOc2cc3c(cc2Cl)CC(C[C@@H](C)COc2ccnc4c2[C@H](C)CCC4)C32CCC(Nc3cccc(Cl)c3)(C(=O)O)CC2)CC1. The summed E-state index contributed by atoms with van der Waals surface area (Å²) in [7, 11) is 0. The molecule has 9 heteroatoms. The van der Waals surface area contributed by atoms with Crippen molar-refractivity contribution in [2.45, 2.75) is 108 Å². The fourth-order valence-corrected chi connectivity index (χ4v) is 10.2. The van der Waals surface area contributed by atoms with Gasteiger partial charge < -0.3 is 19.9 Å². The van der Waals surface area contributed by atoms with E-state index in [0.717, 1.165) is 74.8 Å². The van der Waals surface area contributed by atoms with Gasteiger partial charge in [-0.1, -0.05) is 50.0 Å². The number of ether oxygens (including phenoxy) is 2. The van der Waals surface area contributed by atoms with Crippen LogP contribution < -0.4 is 14.8 Å². The average molecular weight is 749 g/mol. The molecule has 1 saturated heterocycles. The summed E-state index contributed by atoms with van der Waals surface area (Å²) in [6.45, 7) is 11.3. The van der Waals surface area contributed by atoms with E-state index >= 15 is 0 Å². The van der Waals surface area contributed by atoms with Crippen LogP contribution in [0.5, 0.6) is 11.5 Å². The third-order valence-electron chi connectivity index (χ3n) is 12.9. The molecule has 1 spiro atoms. The van der Waals surface area contributed by atoms with Crippen LogP contribution in [-0.4, -0.2) is 59.3 Å². The van der Waals surface area contributed by atoms with Crippen molar-refractivity contribution < 1.29 is 19.4 Å². The van der Waals surface area contributed by atoms with Gasteiger partial charge in [-0.3, -0.25) is 9.88 Å². The number of carboxylic acid groups (broad SMARTS) is 1. The lowest BCUT2D eigenvalue weighted by molar-refractivity contribution is -0.144. The van der Waals surface area contributed by atoms with E-state index < -0.39 is 11.5 Å². The first-order chi connectivity index (χ1) is 25.0. The maximum absolute atomic E-state index is 13.0. The number of likely N-dealkylation sites (tertiary alicyclic amines) is 1. The standard InChI is InChI=1S/C43H55Cl2N3O4/c1-28-11-18-48(19-12-28)20-21-51-39-26-35-31(24-36(39)45)23-32(22-29(2)27-52-38-10-17-46-37-9-4-6-30(3)40(37)38)42(35)13-15-43(16-14-42,41(49)50)47-34-8-5-7-33(44)25-34/h5,7-8,10,17,24-26,28-30,32,47H,4,6,9,11-16,18-23,27H2,1-3H3,(H,49,50)/t29-,30-,32?,42?,43?/m1/s1. The number of hydrogen-bond donors (Lipinski definition) is 2. The molecule has 3 atom stereocenters. The first-order valence-corrected chi connectivity index (χ1v) is 20.4. The zero-order chi connectivity index (χ0) is 36.5. The number of fused-ring (bicyclic) bond motifs is 3. The van der Waals surface area contributed by atoms with E-state index in [0.29, 0.717) is 53.9 Å². The third kappa shape index (κ3) is 7.79. The van der Waals surface area contributed by atoms with Gasteiger partial charge in [0.25, 0.3) is 0 Å². The number of pyridine rings is 1. The summed E-state index contributed by atoms with van der Waals surface area (Å²) in [5, 5.41) is 15.3. The van der Waals surface area contributed by atoms with Gasteiger partial charge >= 0.3 is 5.97 Å². The number of anilines is 1. The molecule has 3 aromatic rings. The Kier molecular flexibility index (Phi) is 11.3. The number of halogens is 2. The molecule has 1 aliphatic heterocycles. The van der Waals surface area contributed by atoms with Crippen molar-refractivity contribution in [1.82, 2.24) is 9.88 Å². The van der Waals surface area contributed by atoms with Crippen LogP contribution in [0, 0.1) is 17.8 Å². The van der Waals surface area contributed by atoms with Crippen LogP contribution in [0.2, 0.25) is 10.0 Å². The molecule has 7 rings (SSSR count). The minimum Gasteiger partial charge on any atom is -0.493 e. The lowest BCUT2D eigenvalue weighted by Gasteiger charge is -2.47. The summed E-state index contributed by atoms with van der Waals surface area (Å²) in [5.41, 5.74) is 4.50. The number of aromatic nitrogens is 1. The van der Waals surface area contributed by atoms with Crippen LogP contribution in [0.1, 0.15) is 107 Å². The highest BCUT2D eigenvalue weighted by molar-refractivity contribution is 6.32. The van der Waals surface area contributed by atoms with Gasteiger partial charge in [0.1, 0.15) is 23.6 Å². The number of aryl methyl sites for hydroxylation is 1. The molecule has 4 aliphatic rings. The number of rotatable bonds is 12. The van der Waals surface area contributed by atoms with Crippen molar-refractivity contribution in [2.24, 2.45) is 17.8 Å². The number of nitrogens with zero attached hydrogens (tertiary/aromatic N) is 2. The first-order valence-electron chi connectivity index (χ1n) is 19.6. The summed E-state index contributed by atoms with van der Waals surface area (Å²) >= 11 is 13.2. The number of carbonyl (C=O) groups is 1. The second-order valence-electron chi connectivity index (χ2n) is 16.5. The number of benzene rings is 2. The molecule has 0 bridgehead atoms. The summed E-state index contributed by atoms with van der Waals surface area (Å²) < 4.78 is 13.0. The van der Waals surface area contributed by atoms with Gasteiger partial charge in [-0.2, -0.15) is 0 Å². The van der Waals surface area contributed by atoms with E-state index in [1.54, 1.807) is 0 Å². The highest BCUT2D eigenvalue weighted by Gasteiger charge is 2.54. The fraction of sp³-hybridized carbons (Fsp3) is 0.581. The molecular formula is C43H55Cl2N3O4. The summed E-state index contributed by atoms with van der Waals surface area (Å²) in [6, 6.07) is 13.7. The van der Waals surface area contributed by atoms with Crippen molar-refractivity contribution in [3.8, 4) is 11.5 Å². The van der Waals surface area contributed by atoms with Crippen LogP contribution in [0.25, 0.3) is 0 Å². The molecule has 2 fully saturated rings. The molecule has 0 radical (unpaired) electrons. The zero-order valence-corrected chi connectivity index (χ0v) is 32.6. The molecule has 52 heavy (non-hydrogen) atoms. The molecule has 2 heterocycles. The molecule has 0 amide bonds. The number of aliphatic carboxylic acids is 1. The second kappa shape index (κ2) is 15.8. The monoisotopic (exact) mass is 747 g/mol. The second-order valence-corrected chi connectivity index (χ2v) is 17.4. The minimum absolute atomic E-state index is 0.186. The van der Waals surface area contributed by atoms with E-state index in [1.807, 2.05) is 36.5 Å². The van der Waals surface area contributed by atoms with Crippen LogP contribution in [0.4, 0.5) is 5.69 Å². The van der Waals surface area contributed by atoms with Gasteiger partial charge in [0.05, 0.1) is 11.6 Å². The van der Waals surface area contributed by atoms with Gasteiger partial charge in [-0.15, -0.1) is 0 Å². The summed E-state index contributed by atoms with van der Waals surface area (Å²) in [4.78, 5) is 20.2. The molecule has 1 aromatic heterocycles. The number of hydrogen-bond acceptors (Lipinski definition) is 6. The molecule has 280 valence electrons. The Labute approximate surface area is 319 Å². The van der Waals surface area contributed by atoms with E-state index in [2.05, 4.69) is 48.1 Å². The van der Waals surface area contributed by atoms with Crippen LogP contribution in [0.3, 0.4) is 0 Å². The maximum Gasteiger partial charge on any atom is 0.329 e. The Balaban J connectivity index is 1.12. The molecule has 1 saturated carbocycles. The molecule has 7 nitrogen and oxygen atoms in total. The zero-order valence-electron chi connectivity index (χ0n) is 31.1. The van der Waals surface area contributed by atoms with Gasteiger partial charge in [0, 0.05) is 34.7 Å². The molecule has 2 aromatic carbocycles. The van der Waals surface area contributed by atoms with Crippen LogP contribution in [-0.2, 0) is 23.1 Å². The lowest BCUT2D eigenvalue weighted by atomic mass is 9.59. The quantitative estimate of drug-likeness (QED) is 0.191. The number of piperidine rings is 1. The van der Waals surface area contributed by atoms with E-state index in [4.69, 9.17) is 32.7 Å². The molecule has 3 aliphatic carbocycles. The lowest BCUT2D eigenvalue weighted by Crippen LogP contribution is -2.53. The van der Waals surface area contributed by atoms with Crippen molar-refractivity contribution in [1.29, 1.82) is 0 Å². The topological polar surface area (TPSA) is 83.9 Å². The van der Waals surface area contributed by atoms with Gasteiger partial charge in [0.2, 0.25) is 0 Å². The van der Waals surface area contributed by atoms with Crippen molar-refractivity contribution in [3.05, 3.63) is 81.1 Å². The van der Waals surface area contributed by atoms with Gasteiger partial charge in [-0.05, 0) is 160 Å². The normalized spacial score (nSPS) is 26.8. The van der Waals surface area contributed by atoms with Crippen molar-refractivity contribution in [3.63, 3.8) is 0 Å². The van der Waals surface area contributed by atoms with E-state index in [-0.39, 0.29) is 5.41 Å². The Morgan fingerprint density at radius 2 is 1.83 bits per heavy atom. The molecule has 1 unspecified atom stereocenters. The van der Waals surface area contributed by atoms with E-state index in [1.165, 1.54) is 48.1 Å².